The van der Waals surface area contributed by atoms with Gasteiger partial charge in [0.2, 0.25) is 0 Å². The van der Waals surface area contributed by atoms with Crippen LogP contribution in [0.4, 0.5) is 0 Å². The average Bonchev–Trinajstić information content (AvgIpc) is 2.36. The summed E-state index contributed by atoms with van der Waals surface area (Å²) in [5.74, 6) is 1.31. The molecule has 0 saturated heterocycles. The highest BCUT2D eigenvalue weighted by atomic mass is 16.5. The minimum atomic E-state index is -0.935. The summed E-state index contributed by atoms with van der Waals surface area (Å²) in [6.07, 6.45) is 1.12. The predicted molar refractivity (Wildman–Crippen MR) is 68.8 cm³/mol. The van der Waals surface area contributed by atoms with Gasteiger partial charge >= 0.3 is 0 Å². The van der Waals surface area contributed by atoms with Crippen LogP contribution >= 0.6 is 0 Å². The monoisotopic (exact) mass is 232 g/mol. The van der Waals surface area contributed by atoms with Crippen LogP contribution in [0.3, 0.4) is 0 Å². The van der Waals surface area contributed by atoms with Gasteiger partial charge in [-0.3, -0.25) is 0 Å². The molecule has 1 rings (SSSR count). The van der Waals surface area contributed by atoms with Crippen molar-refractivity contribution in [1.29, 1.82) is 5.26 Å². The first-order valence-electron chi connectivity index (χ1n) is 5.91. The van der Waals surface area contributed by atoms with E-state index in [1.54, 1.807) is 6.92 Å². The molecule has 1 aromatic carbocycles. The van der Waals surface area contributed by atoms with E-state index in [1.807, 2.05) is 18.2 Å². The molecular formula is C14H20N2O. The second kappa shape index (κ2) is 5.70. The number of rotatable bonds is 5. The number of hydrogen-bond donors (Lipinski definition) is 1. The van der Waals surface area contributed by atoms with Crippen molar-refractivity contribution in [2.24, 2.45) is 5.73 Å². The van der Waals surface area contributed by atoms with Crippen LogP contribution in [-0.2, 0) is 0 Å². The minimum Gasteiger partial charge on any atom is -0.491 e. The second-order valence-corrected chi connectivity index (χ2v) is 4.70. The summed E-state index contributed by atoms with van der Waals surface area (Å²) in [6.45, 7) is 6.22. The first kappa shape index (κ1) is 13.5. The molecule has 3 nitrogen and oxygen atoms in total. The van der Waals surface area contributed by atoms with Gasteiger partial charge in [-0.25, -0.2) is 0 Å². The lowest BCUT2D eigenvalue weighted by atomic mass is 9.99. The van der Waals surface area contributed by atoms with Gasteiger partial charge < -0.3 is 10.5 Å². The lowest BCUT2D eigenvalue weighted by molar-refractivity contribution is 0.264. The number of nitrogens with zero attached hydrogens (tertiary/aromatic N) is 1. The van der Waals surface area contributed by atoms with Crippen molar-refractivity contribution in [1.82, 2.24) is 0 Å². The third-order valence-electron chi connectivity index (χ3n) is 2.86. The quantitative estimate of drug-likeness (QED) is 0.849. The van der Waals surface area contributed by atoms with E-state index in [1.165, 1.54) is 5.56 Å². The Bertz CT molecular complexity index is 390. The lowest BCUT2D eigenvalue weighted by Gasteiger charge is -2.16. The molecule has 3 heteroatoms. The molecule has 2 unspecified atom stereocenters. The number of nitrogens with two attached hydrogens (primary N) is 1. The van der Waals surface area contributed by atoms with Gasteiger partial charge in [-0.15, -0.1) is 0 Å². The zero-order chi connectivity index (χ0) is 12.9. The van der Waals surface area contributed by atoms with Gasteiger partial charge in [0, 0.05) is 0 Å². The molecule has 0 spiro atoms. The number of benzene rings is 1. The summed E-state index contributed by atoms with van der Waals surface area (Å²) >= 11 is 0. The van der Waals surface area contributed by atoms with Gasteiger partial charge in [-0.1, -0.05) is 26.0 Å². The molecule has 0 bridgehead atoms. The molecule has 2 N–H and O–H groups in total. The fourth-order valence-electron chi connectivity index (χ4n) is 1.39. The third-order valence-corrected chi connectivity index (χ3v) is 2.86. The molecule has 0 radical (unpaired) electrons. The first-order chi connectivity index (χ1) is 7.98. The summed E-state index contributed by atoms with van der Waals surface area (Å²) in [5.41, 5.74) is 6.04. The molecule has 17 heavy (non-hydrogen) atoms. The Labute approximate surface area is 103 Å². The van der Waals surface area contributed by atoms with E-state index in [4.69, 9.17) is 15.7 Å². The summed E-state index contributed by atoms with van der Waals surface area (Å²) in [6, 6.07) is 9.97. The van der Waals surface area contributed by atoms with Crippen molar-refractivity contribution in [3.63, 3.8) is 0 Å². The van der Waals surface area contributed by atoms with Crippen LogP contribution in [0.1, 0.15) is 38.7 Å². The van der Waals surface area contributed by atoms with Gasteiger partial charge in [0.15, 0.2) is 0 Å². The fraction of sp³-hybridized carbons (Fsp3) is 0.500. The molecule has 0 aliphatic carbocycles. The Hall–Kier alpha value is -1.53. The average molecular weight is 232 g/mol. The Morgan fingerprint density at radius 3 is 2.47 bits per heavy atom. The van der Waals surface area contributed by atoms with Crippen molar-refractivity contribution < 1.29 is 4.74 Å². The van der Waals surface area contributed by atoms with Crippen LogP contribution in [0, 0.1) is 11.3 Å². The molecule has 2 atom stereocenters. The minimum absolute atomic E-state index is 0.201. The maximum atomic E-state index is 8.77. The van der Waals surface area contributed by atoms with Gasteiger partial charge in [-0.2, -0.15) is 5.26 Å². The normalized spacial score (nSPS) is 15.7. The van der Waals surface area contributed by atoms with Crippen molar-refractivity contribution in [3.8, 4) is 11.8 Å². The van der Waals surface area contributed by atoms with Crippen LogP contribution in [0.2, 0.25) is 0 Å². The molecule has 0 aliphatic heterocycles. The van der Waals surface area contributed by atoms with Gasteiger partial charge in [0.25, 0.3) is 0 Å². The van der Waals surface area contributed by atoms with Gasteiger partial charge in [-0.05, 0) is 37.0 Å². The zero-order valence-electron chi connectivity index (χ0n) is 10.7. The lowest BCUT2D eigenvalue weighted by Crippen LogP contribution is -2.40. The zero-order valence-corrected chi connectivity index (χ0v) is 10.7. The summed E-state index contributed by atoms with van der Waals surface area (Å²) < 4.78 is 5.48. The Morgan fingerprint density at radius 2 is 2.00 bits per heavy atom. The standard InChI is InChI=1S/C14H20N2O/c1-4-11(2)12-5-7-13(8-6-12)17-10-14(3,16)9-15/h5-8,11H,4,10,16H2,1-3H3. The number of ether oxygens (including phenoxy) is 1. The molecule has 1 aromatic rings. The van der Waals surface area contributed by atoms with Crippen molar-refractivity contribution >= 4 is 0 Å². The highest BCUT2D eigenvalue weighted by Gasteiger charge is 2.18. The van der Waals surface area contributed by atoms with Crippen LogP contribution in [0.25, 0.3) is 0 Å². The van der Waals surface area contributed by atoms with Crippen molar-refractivity contribution in [2.75, 3.05) is 6.61 Å². The molecule has 0 saturated carbocycles. The maximum absolute atomic E-state index is 8.77. The molecule has 92 valence electrons. The molecule has 0 amide bonds. The van der Waals surface area contributed by atoms with Crippen LogP contribution in [-0.4, -0.2) is 12.1 Å². The molecule has 0 fully saturated rings. The van der Waals surface area contributed by atoms with Gasteiger partial charge in [0.05, 0.1) is 6.07 Å². The summed E-state index contributed by atoms with van der Waals surface area (Å²) in [4.78, 5) is 0. The highest BCUT2D eigenvalue weighted by molar-refractivity contribution is 5.29. The van der Waals surface area contributed by atoms with Crippen LogP contribution < -0.4 is 10.5 Å². The fourth-order valence-corrected chi connectivity index (χ4v) is 1.39. The summed E-state index contributed by atoms with van der Waals surface area (Å²) in [7, 11) is 0. The van der Waals surface area contributed by atoms with E-state index in [0.717, 1.165) is 12.2 Å². The van der Waals surface area contributed by atoms with E-state index in [0.29, 0.717) is 5.92 Å². The summed E-state index contributed by atoms with van der Waals surface area (Å²) in [5, 5.41) is 8.77. The maximum Gasteiger partial charge on any atom is 0.135 e. The molecule has 0 aliphatic rings. The van der Waals surface area contributed by atoms with Crippen molar-refractivity contribution in [3.05, 3.63) is 29.8 Å². The van der Waals surface area contributed by atoms with Gasteiger partial charge in [0.1, 0.15) is 17.9 Å². The molecular weight excluding hydrogens is 212 g/mol. The van der Waals surface area contributed by atoms with E-state index in [-0.39, 0.29) is 6.61 Å². The third kappa shape index (κ3) is 4.08. The molecule has 0 heterocycles. The van der Waals surface area contributed by atoms with E-state index in [2.05, 4.69) is 26.0 Å². The second-order valence-electron chi connectivity index (χ2n) is 4.70. The van der Waals surface area contributed by atoms with Crippen molar-refractivity contribution in [2.45, 2.75) is 38.6 Å². The Morgan fingerprint density at radius 1 is 1.41 bits per heavy atom. The predicted octanol–water partition coefficient (Wildman–Crippen LogP) is 2.82. The Kier molecular flexibility index (Phi) is 4.53. The smallest absolute Gasteiger partial charge is 0.135 e. The highest BCUT2D eigenvalue weighted by Crippen LogP contribution is 2.21. The number of nitriles is 1. The van der Waals surface area contributed by atoms with E-state index < -0.39 is 5.54 Å². The van der Waals surface area contributed by atoms with E-state index >= 15 is 0 Å². The topological polar surface area (TPSA) is 59.0 Å². The van der Waals surface area contributed by atoms with E-state index in [9.17, 15) is 0 Å². The SMILES string of the molecule is CCC(C)c1ccc(OCC(C)(N)C#N)cc1. The number of hydrogen-bond acceptors (Lipinski definition) is 3. The van der Waals surface area contributed by atoms with Crippen LogP contribution in [0.5, 0.6) is 5.75 Å². The molecule has 0 aromatic heterocycles. The largest absolute Gasteiger partial charge is 0.491 e. The first-order valence-corrected chi connectivity index (χ1v) is 5.91. The Balaban J connectivity index is 2.61. The van der Waals surface area contributed by atoms with Crippen LogP contribution in [0.15, 0.2) is 24.3 Å².